The van der Waals surface area contributed by atoms with E-state index < -0.39 is 0 Å². The first-order valence-electron chi connectivity index (χ1n) is 8.67. The fourth-order valence-corrected chi connectivity index (χ4v) is 2.78. The van der Waals surface area contributed by atoms with Crippen LogP contribution < -0.4 is 10.6 Å². The minimum atomic E-state index is -0.0360. The van der Waals surface area contributed by atoms with Gasteiger partial charge in [0.1, 0.15) is 5.76 Å². The molecule has 0 atom stereocenters. The van der Waals surface area contributed by atoms with Crippen molar-refractivity contribution in [2.75, 3.05) is 7.05 Å². The fraction of sp³-hybridized carbons (Fsp3) is 0.500. The Balaban J connectivity index is 1.95. The molecule has 2 aromatic rings. The van der Waals surface area contributed by atoms with Crippen LogP contribution in [-0.4, -0.2) is 18.0 Å². The van der Waals surface area contributed by atoms with Crippen LogP contribution in [0.1, 0.15) is 54.7 Å². The number of aryl methyl sites for hydroxylation is 3. The van der Waals surface area contributed by atoms with Gasteiger partial charge in [-0.05, 0) is 37.5 Å². The van der Waals surface area contributed by atoms with E-state index in [0.29, 0.717) is 12.4 Å². The Labute approximate surface area is 151 Å². The van der Waals surface area contributed by atoms with E-state index >= 15 is 0 Å². The fourth-order valence-electron chi connectivity index (χ4n) is 2.78. The van der Waals surface area contributed by atoms with Gasteiger partial charge in [-0.1, -0.05) is 38.5 Å². The average molecular weight is 342 g/mol. The highest BCUT2D eigenvalue weighted by Crippen LogP contribution is 2.22. The second-order valence-electron chi connectivity index (χ2n) is 7.52. The van der Waals surface area contributed by atoms with Gasteiger partial charge in [-0.3, -0.25) is 4.99 Å². The van der Waals surface area contributed by atoms with E-state index in [-0.39, 0.29) is 5.41 Å². The summed E-state index contributed by atoms with van der Waals surface area (Å²) in [5.74, 6) is 2.28. The lowest BCUT2D eigenvalue weighted by atomic mass is 9.94. The van der Waals surface area contributed by atoms with Gasteiger partial charge < -0.3 is 15.1 Å². The minimum absolute atomic E-state index is 0.0360. The monoisotopic (exact) mass is 342 g/mol. The molecule has 0 aliphatic heterocycles. The molecule has 25 heavy (non-hydrogen) atoms. The highest BCUT2D eigenvalue weighted by Gasteiger charge is 2.19. The summed E-state index contributed by atoms with van der Waals surface area (Å²) >= 11 is 0. The van der Waals surface area contributed by atoms with Gasteiger partial charge in [0.25, 0.3) is 0 Å². The second-order valence-corrected chi connectivity index (χ2v) is 7.52. The molecule has 5 nitrogen and oxygen atoms in total. The normalized spacial score (nSPS) is 12.4. The molecule has 0 amide bonds. The summed E-state index contributed by atoms with van der Waals surface area (Å²) in [7, 11) is 1.76. The Morgan fingerprint density at radius 2 is 1.68 bits per heavy atom. The smallest absolute Gasteiger partial charge is 0.213 e. The zero-order valence-corrected chi connectivity index (χ0v) is 16.4. The van der Waals surface area contributed by atoms with Crippen molar-refractivity contribution < 1.29 is 4.42 Å². The summed E-state index contributed by atoms with van der Waals surface area (Å²) < 4.78 is 5.80. The predicted octanol–water partition coefficient (Wildman–Crippen LogP) is 3.76. The molecule has 2 rings (SSSR count). The molecule has 0 bridgehead atoms. The van der Waals surface area contributed by atoms with Crippen LogP contribution in [0.2, 0.25) is 0 Å². The number of benzene rings is 1. The lowest BCUT2D eigenvalue weighted by Crippen LogP contribution is -2.36. The number of aromatic nitrogens is 1. The van der Waals surface area contributed by atoms with Crippen molar-refractivity contribution in [3.63, 3.8) is 0 Å². The first-order chi connectivity index (χ1) is 11.7. The Morgan fingerprint density at radius 1 is 1.08 bits per heavy atom. The predicted molar refractivity (Wildman–Crippen MR) is 103 cm³/mol. The highest BCUT2D eigenvalue weighted by molar-refractivity contribution is 5.79. The van der Waals surface area contributed by atoms with E-state index in [1.165, 1.54) is 22.3 Å². The molecular formula is C20H30N4O. The number of aliphatic imine (C=N–C) groups is 1. The zero-order valence-electron chi connectivity index (χ0n) is 16.4. The van der Waals surface area contributed by atoms with Crippen molar-refractivity contribution in [3.8, 4) is 0 Å². The van der Waals surface area contributed by atoms with Crippen molar-refractivity contribution >= 4 is 5.96 Å². The molecule has 0 unspecified atom stereocenters. The van der Waals surface area contributed by atoms with Gasteiger partial charge >= 0.3 is 0 Å². The van der Waals surface area contributed by atoms with E-state index in [4.69, 9.17) is 4.42 Å². The average Bonchev–Trinajstić information content (AvgIpc) is 2.98. The third-order valence-electron chi connectivity index (χ3n) is 4.20. The SMILES string of the molecule is CN=C(NCc1ncc(C(C)(C)C)o1)NCc1c(C)cc(C)cc1C. The van der Waals surface area contributed by atoms with Crippen LogP contribution >= 0.6 is 0 Å². The van der Waals surface area contributed by atoms with Gasteiger partial charge in [0, 0.05) is 19.0 Å². The number of nitrogens with one attached hydrogen (secondary N) is 2. The van der Waals surface area contributed by atoms with Crippen LogP contribution in [-0.2, 0) is 18.5 Å². The number of hydrogen-bond donors (Lipinski definition) is 2. The summed E-state index contributed by atoms with van der Waals surface area (Å²) in [6.07, 6.45) is 1.80. The summed E-state index contributed by atoms with van der Waals surface area (Å²) in [4.78, 5) is 8.61. The number of rotatable bonds is 4. The molecule has 0 fully saturated rings. The van der Waals surface area contributed by atoms with E-state index in [1.807, 2.05) is 0 Å². The molecule has 0 radical (unpaired) electrons. The number of hydrogen-bond acceptors (Lipinski definition) is 3. The minimum Gasteiger partial charge on any atom is -0.443 e. The summed E-state index contributed by atoms with van der Waals surface area (Å²) in [5, 5.41) is 6.62. The van der Waals surface area contributed by atoms with Gasteiger partial charge in [-0.2, -0.15) is 0 Å². The molecule has 0 saturated carbocycles. The number of guanidine groups is 1. The van der Waals surface area contributed by atoms with E-state index in [1.54, 1.807) is 13.2 Å². The molecule has 0 spiro atoms. The maximum atomic E-state index is 5.80. The molecule has 2 N–H and O–H groups in total. The molecule has 1 heterocycles. The van der Waals surface area contributed by atoms with Crippen molar-refractivity contribution in [1.29, 1.82) is 0 Å². The molecule has 0 saturated heterocycles. The number of nitrogens with zero attached hydrogens (tertiary/aromatic N) is 2. The van der Waals surface area contributed by atoms with Gasteiger partial charge in [0.05, 0.1) is 12.7 Å². The summed E-state index contributed by atoms with van der Waals surface area (Å²) in [6, 6.07) is 4.42. The van der Waals surface area contributed by atoms with Gasteiger partial charge in [-0.15, -0.1) is 0 Å². The standard InChI is InChI=1S/C20H30N4O/c1-13-8-14(2)16(15(3)9-13)10-23-19(21-7)24-12-18-22-11-17(25-18)20(4,5)6/h8-9,11H,10,12H2,1-7H3,(H2,21,23,24). The van der Waals surface area contributed by atoms with Crippen molar-refractivity contribution in [3.05, 3.63) is 52.2 Å². The van der Waals surface area contributed by atoms with E-state index in [0.717, 1.165) is 18.3 Å². The Kier molecular flexibility index (Phi) is 5.88. The number of oxazole rings is 1. The van der Waals surface area contributed by atoms with Crippen molar-refractivity contribution in [2.45, 2.75) is 60.0 Å². The van der Waals surface area contributed by atoms with Crippen LogP contribution in [0, 0.1) is 20.8 Å². The van der Waals surface area contributed by atoms with Crippen molar-refractivity contribution in [1.82, 2.24) is 15.6 Å². The Bertz CT molecular complexity index is 730. The molecule has 1 aromatic heterocycles. The first-order valence-corrected chi connectivity index (χ1v) is 8.67. The third-order valence-corrected chi connectivity index (χ3v) is 4.20. The molecule has 5 heteroatoms. The highest BCUT2D eigenvalue weighted by atomic mass is 16.4. The Morgan fingerprint density at radius 3 is 2.20 bits per heavy atom. The molecule has 0 aliphatic rings. The molecule has 0 aliphatic carbocycles. The lowest BCUT2D eigenvalue weighted by molar-refractivity contribution is 0.379. The van der Waals surface area contributed by atoms with E-state index in [9.17, 15) is 0 Å². The van der Waals surface area contributed by atoms with Crippen LogP contribution in [0.5, 0.6) is 0 Å². The van der Waals surface area contributed by atoms with Crippen LogP contribution in [0.4, 0.5) is 0 Å². The molecular weight excluding hydrogens is 312 g/mol. The third kappa shape index (κ3) is 5.08. The molecule has 1 aromatic carbocycles. The van der Waals surface area contributed by atoms with Gasteiger partial charge in [0.15, 0.2) is 5.96 Å². The van der Waals surface area contributed by atoms with E-state index in [2.05, 4.69) is 74.3 Å². The quantitative estimate of drug-likeness (QED) is 0.656. The Hall–Kier alpha value is -2.30. The summed E-state index contributed by atoms with van der Waals surface area (Å²) in [6.45, 7) is 14.0. The first kappa shape index (κ1) is 19.0. The van der Waals surface area contributed by atoms with Crippen molar-refractivity contribution in [2.24, 2.45) is 4.99 Å². The zero-order chi connectivity index (χ0) is 18.6. The second kappa shape index (κ2) is 7.72. The largest absolute Gasteiger partial charge is 0.443 e. The topological polar surface area (TPSA) is 62.5 Å². The van der Waals surface area contributed by atoms with Crippen LogP contribution in [0.15, 0.2) is 27.7 Å². The van der Waals surface area contributed by atoms with Gasteiger partial charge in [0.2, 0.25) is 5.89 Å². The maximum absolute atomic E-state index is 5.80. The van der Waals surface area contributed by atoms with Crippen LogP contribution in [0.3, 0.4) is 0 Å². The van der Waals surface area contributed by atoms with Gasteiger partial charge in [-0.25, -0.2) is 4.98 Å². The van der Waals surface area contributed by atoms with Crippen LogP contribution in [0.25, 0.3) is 0 Å². The lowest BCUT2D eigenvalue weighted by Gasteiger charge is -2.15. The summed E-state index contributed by atoms with van der Waals surface area (Å²) in [5.41, 5.74) is 5.15. The molecule has 136 valence electrons. The maximum Gasteiger partial charge on any atom is 0.213 e.